The highest BCUT2D eigenvalue weighted by atomic mass is 127. The number of benzene rings is 1. The molecule has 0 saturated carbocycles. The molecule has 2 aliphatic rings. The van der Waals surface area contributed by atoms with E-state index in [-0.39, 0.29) is 24.0 Å². The van der Waals surface area contributed by atoms with Crippen LogP contribution in [-0.4, -0.2) is 55.2 Å². The van der Waals surface area contributed by atoms with Crippen molar-refractivity contribution in [1.82, 2.24) is 9.80 Å². The van der Waals surface area contributed by atoms with Gasteiger partial charge in [-0.3, -0.25) is 4.90 Å². The molecular weight excluding hydrogens is 427 g/mol. The summed E-state index contributed by atoms with van der Waals surface area (Å²) in [5, 5.41) is 0. The Balaban J connectivity index is 0.00000225. The smallest absolute Gasteiger partial charge is 0.191 e. The summed E-state index contributed by atoms with van der Waals surface area (Å²) in [7, 11) is 0. The zero-order valence-corrected chi connectivity index (χ0v) is 17.5. The topological polar surface area (TPSA) is 54.1 Å². The minimum Gasteiger partial charge on any atom is -0.379 e. The molecule has 2 heterocycles. The summed E-state index contributed by atoms with van der Waals surface area (Å²) >= 11 is 0. The fourth-order valence-electron chi connectivity index (χ4n) is 3.28. The third-order valence-corrected chi connectivity index (χ3v) is 5.06. The minimum absolute atomic E-state index is 0. The first-order valence-corrected chi connectivity index (χ1v) is 9.13. The van der Waals surface area contributed by atoms with Crippen molar-refractivity contribution < 1.29 is 4.74 Å². The summed E-state index contributed by atoms with van der Waals surface area (Å²) in [6.07, 6.45) is 2.43. The van der Waals surface area contributed by atoms with Crippen LogP contribution < -0.4 is 5.73 Å². The molecule has 5 nitrogen and oxygen atoms in total. The number of rotatable bonds is 4. The first-order chi connectivity index (χ1) is 11.7. The molecule has 0 unspecified atom stereocenters. The molecule has 2 fully saturated rings. The van der Waals surface area contributed by atoms with Crippen LogP contribution in [0.3, 0.4) is 0 Å². The Kier molecular flexibility index (Phi) is 8.45. The summed E-state index contributed by atoms with van der Waals surface area (Å²) in [6.45, 7) is 9.79. The SMILES string of the molecule is CC1CCN(C(N)=NCc2ccc(CN3CCOCC3)cc2)CC1.I. The number of nitrogens with two attached hydrogens (primary N) is 1. The van der Waals surface area contributed by atoms with Gasteiger partial charge < -0.3 is 15.4 Å². The molecule has 0 aliphatic carbocycles. The van der Waals surface area contributed by atoms with Crippen molar-refractivity contribution in [3.8, 4) is 0 Å². The number of piperidine rings is 1. The second kappa shape index (κ2) is 10.3. The zero-order chi connectivity index (χ0) is 16.8. The molecule has 2 saturated heterocycles. The van der Waals surface area contributed by atoms with Crippen LogP contribution in [0, 0.1) is 5.92 Å². The van der Waals surface area contributed by atoms with Gasteiger partial charge in [0.15, 0.2) is 5.96 Å². The average molecular weight is 458 g/mol. The van der Waals surface area contributed by atoms with Crippen molar-refractivity contribution in [3.63, 3.8) is 0 Å². The van der Waals surface area contributed by atoms with Gasteiger partial charge in [-0.05, 0) is 29.9 Å². The van der Waals surface area contributed by atoms with Gasteiger partial charge >= 0.3 is 0 Å². The number of likely N-dealkylation sites (tertiary alicyclic amines) is 1. The summed E-state index contributed by atoms with van der Waals surface area (Å²) in [6, 6.07) is 8.76. The van der Waals surface area contributed by atoms with Crippen molar-refractivity contribution in [2.24, 2.45) is 16.6 Å². The molecule has 0 atom stereocenters. The van der Waals surface area contributed by atoms with Crippen LogP contribution >= 0.6 is 24.0 Å². The lowest BCUT2D eigenvalue weighted by atomic mass is 10.00. The summed E-state index contributed by atoms with van der Waals surface area (Å²) in [4.78, 5) is 9.23. The molecule has 0 radical (unpaired) electrons. The maximum absolute atomic E-state index is 6.15. The largest absolute Gasteiger partial charge is 0.379 e. The van der Waals surface area contributed by atoms with Gasteiger partial charge in [0.2, 0.25) is 0 Å². The van der Waals surface area contributed by atoms with Gasteiger partial charge in [0.25, 0.3) is 0 Å². The van der Waals surface area contributed by atoms with Gasteiger partial charge in [-0.15, -0.1) is 24.0 Å². The number of hydrogen-bond donors (Lipinski definition) is 1. The van der Waals surface area contributed by atoms with E-state index in [1.807, 2.05) is 0 Å². The summed E-state index contributed by atoms with van der Waals surface area (Å²) in [5.74, 6) is 1.51. The van der Waals surface area contributed by atoms with Crippen molar-refractivity contribution in [3.05, 3.63) is 35.4 Å². The monoisotopic (exact) mass is 458 g/mol. The Morgan fingerprint density at radius 1 is 1.08 bits per heavy atom. The molecule has 140 valence electrons. The van der Waals surface area contributed by atoms with Crippen LogP contribution in [0.25, 0.3) is 0 Å². The van der Waals surface area contributed by atoms with Gasteiger partial charge in [-0.1, -0.05) is 31.2 Å². The highest BCUT2D eigenvalue weighted by molar-refractivity contribution is 14.0. The maximum Gasteiger partial charge on any atom is 0.191 e. The lowest BCUT2D eigenvalue weighted by molar-refractivity contribution is 0.0342. The van der Waals surface area contributed by atoms with E-state index in [1.165, 1.54) is 24.0 Å². The average Bonchev–Trinajstić information content (AvgIpc) is 2.62. The number of morpholine rings is 1. The first-order valence-electron chi connectivity index (χ1n) is 9.13. The van der Waals surface area contributed by atoms with E-state index in [4.69, 9.17) is 10.5 Å². The van der Waals surface area contributed by atoms with Crippen molar-refractivity contribution in [1.29, 1.82) is 0 Å². The predicted octanol–water partition coefficient (Wildman–Crippen LogP) is 2.68. The van der Waals surface area contributed by atoms with Gasteiger partial charge in [0.05, 0.1) is 19.8 Å². The van der Waals surface area contributed by atoms with E-state index in [1.54, 1.807) is 0 Å². The van der Waals surface area contributed by atoms with Crippen LogP contribution in [0.1, 0.15) is 30.9 Å². The molecule has 0 amide bonds. The summed E-state index contributed by atoms with van der Waals surface area (Å²) < 4.78 is 5.39. The molecule has 2 N–H and O–H groups in total. The van der Waals surface area contributed by atoms with E-state index >= 15 is 0 Å². The normalized spacial score (nSPS) is 20.4. The Bertz CT molecular complexity index is 535. The van der Waals surface area contributed by atoms with Crippen molar-refractivity contribution in [2.75, 3.05) is 39.4 Å². The van der Waals surface area contributed by atoms with E-state index in [0.29, 0.717) is 12.5 Å². The molecule has 3 rings (SSSR count). The molecule has 6 heteroatoms. The standard InChI is InChI=1S/C19H30N4O.HI/c1-16-6-8-23(9-7-16)19(20)21-14-17-2-4-18(5-3-17)15-22-10-12-24-13-11-22;/h2-5,16H,6-15H2,1H3,(H2,20,21);1H. The number of halogens is 1. The Morgan fingerprint density at radius 2 is 1.68 bits per heavy atom. The minimum atomic E-state index is 0. The van der Waals surface area contributed by atoms with Crippen LogP contribution in [0.5, 0.6) is 0 Å². The number of hydrogen-bond acceptors (Lipinski definition) is 3. The summed E-state index contributed by atoms with van der Waals surface area (Å²) in [5.41, 5.74) is 8.72. The number of guanidine groups is 1. The zero-order valence-electron chi connectivity index (χ0n) is 15.2. The first kappa shape index (κ1) is 20.5. The predicted molar refractivity (Wildman–Crippen MR) is 113 cm³/mol. The quantitative estimate of drug-likeness (QED) is 0.429. The van der Waals surface area contributed by atoms with E-state index < -0.39 is 0 Å². The van der Waals surface area contributed by atoms with E-state index in [9.17, 15) is 0 Å². The molecule has 0 spiro atoms. The van der Waals surface area contributed by atoms with Crippen LogP contribution in [0.4, 0.5) is 0 Å². The highest BCUT2D eigenvalue weighted by Gasteiger charge is 2.16. The lowest BCUT2D eigenvalue weighted by Gasteiger charge is -2.31. The number of aliphatic imine (C=N–C) groups is 1. The Labute approximate surface area is 168 Å². The van der Waals surface area contributed by atoms with Gasteiger partial charge in [-0.25, -0.2) is 4.99 Å². The van der Waals surface area contributed by atoms with E-state index in [0.717, 1.165) is 51.9 Å². The van der Waals surface area contributed by atoms with Crippen molar-refractivity contribution in [2.45, 2.75) is 32.9 Å². The van der Waals surface area contributed by atoms with Crippen LogP contribution in [0.2, 0.25) is 0 Å². The Hall–Kier alpha value is -0.860. The number of nitrogens with zero attached hydrogens (tertiary/aromatic N) is 3. The lowest BCUT2D eigenvalue weighted by Crippen LogP contribution is -2.42. The van der Waals surface area contributed by atoms with Crippen molar-refractivity contribution >= 4 is 29.9 Å². The van der Waals surface area contributed by atoms with Gasteiger partial charge in [0.1, 0.15) is 0 Å². The van der Waals surface area contributed by atoms with Gasteiger partial charge in [0, 0.05) is 32.7 Å². The fourth-order valence-corrected chi connectivity index (χ4v) is 3.28. The molecule has 2 aliphatic heterocycles. The van der Waals surface area contributed by atoms with Gasteiger partial charge in [-0.2, -0.15) is 0 Å². The molecular formula is C19H31IN4O. The molecule has 25 heavy (non-hydrogen) atoms. The molecule has 0 aromatic heterocycles. The fraction of sp³-hybridized carbons (Fsp3) is 0.632. The number of ether oxygens (including phenoxy) is 1. The van der Waals surface area contributed by atoms with Crippen LogP contribution in [-0.2, 0) is 17.8 Å². The Morgan fingerprint density at radius 3 is 2.32 bits per heavy atom. The second-order valence-electron chi connectivity index (χ2n) is 7.05. The molecule has 0 bridgehead atoms. The maximum atomic E-state index is 6.15. The third kappa shape index (κ3) is 6.42. The second-order valence-corrected chi connectivity index (χ2v) is 7.05. The third-order valence-electron chi connectivity index (χ3n) is 5.06. The molecule has 1 aromatic carbocycles. The molecule has 1 aromatic rings. The van der Waals surface area contributed by atoms with Crippen LogP contribution in [0.15, 0.2) is 29.3 Å². The highest BCUT2D eigenvalue weighted by Crippen LogP contribution is 2.16. The van der Waals surface area contributed by atoms with E-state index in [2.05, 4.69) is 46.0 Å².